The van der Waals surface area contributed by atoms with Gasteiger partial charge in [-0.2, -0.15) is 0 Å². The van der Waals surface area contributed by atoms with E-state index in [9.17, 15) is 19.2 Å². The van der Waals surface area contributed by atoms with Crippen molar-refractivity contribution in [1.29, 1.82) is 0 Å². The van der Waals surface area contributed by atoms with Gasteiger partial charge in [0, 0.05) is 13.1 Å². The molecular weight excluding hydrogens is 460 g/mol. The Labute approximate surface area is 185 Å². The molecule has 2 saturated heterocycles. The zero-order chi connectivity index (χ0) is 21.0. The van der Waals surface area contributed by atoms with Crippen LogP contribution in [0, 0.1) is 0 Å². The van der Waals surface area contributed by atoms with Gasteiger partial charge in [-0.1, -0.05) is 48.0 Å². The van der Waals surface area contributed by atoms with Gasteiger partial charge in [-0.05, 0) is 0 Å². The first kappa shape index (κ1) is 22.2. The van der Waals surface area contributed by atoms with Gasteiger partial charge in [0.1, 0.15) is 21.9 Å². The highest BCUT2D eigenvalue weighted by Gasteiger charge is 2.42. The molecule has 0 spiro atoms. The fraction of sp³-hybridized carbons (Fsp3) is 0.500. The van der Waals surface area contributed by atoms with E-state index in [2.05, 4.69) is 0 Å². The second-order valence-electron chi connectivity index (χ2n) is 5.86. The van der Waals surface area contributed by atoms with Gasteiger partial charge in [0.25, 0.3) is 11.8 Å². The van der Waals surface area contributed by atoms with Crippen LogP contribution in [0.15, 0.2) is 9.81 Å². The maximum absolute atomic E-state index is 12.7. The molecule has 0 unspecified atom stereocenters. The van der Waals surface area contributed by atoms with Gasteiger partial charge in [-0.3, -0.25) is 29.0 Å². The van der Waals surface area contributed by atoms with Gasteiger partial charge in [0.15, 0.2) is 0 Å². The maximum Gasteiger partial charge on any atom is 0.307 e. The summed E-state index contributed by atoms with van der Waals surface area (Å²) in [4.78, 5) is 52.1. The lowest BCUT2D eigenvalue weighted by atomic mass is 10.3. The second-order valence-corrected chi connectivity index (χ2v) is 9.15. The third-order valence-electron chi connectivity index (χ3n) is 3.97. The van der Waals surface area contributed by atoms with Gasteiger partial charge in [-0.15, -0.1) is 0 Å². The molecule has 0 N–H and O–H groups in total. The van der Waals surface area contributed by atoms with Crippen LogP contribution in [0.3, 0.4) is 0 Å². The third kappa shape index (κ3) is 5.34. The van der Waals surface area contributed by atoms with E-state index in [-0.39, 0.29) is 70.8 Å². The molecule has 4 bridgehead atoms. The van der Waals surface area contributed by atoms with Crippen molar-refractivity contribution in [3.63, 3.8) is 0 Å². The largest absolute Gasteiger partial charge is 0.463 e. The van der Waals surface area contributed by atoms with Crippen molar-refractivity contribution in [3.8, 4) is 0 Å². The Balaban J connectivity index is 1.79. The fourth-order valence-corrected chi connectivity index (χ4v) is 5.31. The average Bonchev–Trinajstić information content (AvgIpc) is 3.11. The summed E-state index contributed by atoms with van der Waals surface area (Å²) in [5, 5.41) is 0. The van der Waals surface area contributed by atoms with E-state index in [4.69, 9.17) is 38.6 Å². The minimum Gasteiger partial charge on any atom is -0.463 e. The number of nitrogens with zero attached hydrogens (tertiary/aromatic N) is 2. The zero-order valence-corrected chi connectivity index (χ0v) is 18.3. The number of fused-ring (bicyclic) bond motifs is 4. The summed E-state index contributed by atoms with van der Waals surface area (Å²) >= 11 is 12.4. The first-order chi connectivity index (χ1) is 13.9. The number of thioether (sulfide) groups is 2. The number of esters is 2. The summed E-state index contributed by atoms with van der Waals surface area (Å²) in [6.07, 6.45) is -0.0867. The molecule has 3 rings (SSSR count). The molecule has 13 heteroatoms. The molecule has 3 heterocycles. The Morgan fingerprint density at radius 1 is 0.690 bits per heavy atom. The molecule has 0 aliphatic carbocycles. The molecule has 0 radical (unpaired) electrons. The summed E-state index contributed by atoms with van der Waals surface area (Å²) in [7, 11) is 0. The van der Waals surface area contributed by atoms with E-state index in [1.165, 1.54) is 9.80 Å². The van der Waals surface area contributed by atoms with Gasteiger partial charge in [-0.25, -0.2) is 0 Å². The van der Waals surface area contributed by atoms with Crippen LogP contribution >= 0.6 is 48.0 Å². The maximum atomic E-state index is 12.7. The van der Waals surface area contributed by atoms with E-state index >= 15 is 0 Å². The number of ether oxygens (including phenoxy) is 3. The molecule has 3 aliphatic heterocycles. The highest BCUT2D eigenvalue weighted by atomic mass is 32.2. The number of cyclic esters (lactones) is 2. The van der Waals surface area contributed by atoms with Crippen molar-refractivity contribution in [2.45, 2.75) is 12.8 Å². The number of amides is 2. The quantitative estimate of drug-likeness (QED) is 0.367. The number of carbonyl (C=O) groups excluding carboxylic acids is 4. The Kier molecular flexibility index (Phi) is 7.62. The number of thiocarbonyl (C=S) groups is 2. The first-order valence-electron chi connectivity index (χ1n) is 8.59. The van der Waals surface area contributed by atoms with Gasteiger partial charge in [0.2, 0.25) is 0 Å². The molecule has 0 aromatic heterocycles. The number of carbonyl (C=O) groups is 4. The van der Waals surface area contributed by atoms with E-state index in [1.807, 2.05) is 0 Å². The van der Waals surface area contributed by atoms with Crippen molar-refractivity contribution in [3.05, 3.63) is 9.81 Å². The van der Waals surface area contributed by atoms with Crippen LogP contribution in [0.5, 0.6) is 0 Å². The minimum absolute atomic E-state index is 0.0434. The van der Waals surface area contributed by atoms with Gasteiger partial charge >= 0.3 is 11.9 Å². The normalized spacial score (nSPS) is 23.0. The monoisotopic (exact) mass is 476 g/mol. The molecule has 9 nitrogen and oxygen atoms in total. The van der Waals surface area contributed by atoms with Crippen LogP contribution in [-0.2, 0) is 33.4 Å². The molecule has 2 fully saturated rings. The molecule has 3 aliphatic rings. The van der Waals surface area contributed by atoms with Crippen LogP contribution in [-0.4, -0.2) is 81.7 Å². The Bertz CT molecular complexity index is 749. The molecule has 0 aromatic carbocycles. The van der Waals surface area contributed by atoms with Crippen molar-refractivity contribution in [1.82, 2.24) is 9.80 Å². The fourth-order valence-electron chi connectivity index (χ4n) is 2.54. The topological polar surface area (TPSA) is 102 Å². The van der Waals surface area contributed by atoms with Crippen LogP contribution in [0.1, 0.15) is 12.8 Å². The summed E-state index contributed by atoms with van der Waals surface area (Å²) in [6.45, 7) is 0.515. The lowest BCUT2D eigenvalue weighted by molar-refractivity contribution is -0.146. The summed E-state index contributed by atoms with van der Waals surface area (Å²) in [5.41, 5.74) is 0. The van der Waals surface area contributed by atoms with Crippen molar-refractivity contribution in [2.24, 2.45) is 0 Å². The molecule has 0 saturated carbocycles. The first-order valence-corrected chi connectivity index (χ1v) is 11.0. The summed E-state index contributed by atoms with van der Waals surface area (Å²) in [6, 6.07) is 0. The lowest BCUT2D eigenvalue weighted by Crippen LogP contribution is -2.32. The molecule has 156 valence electrons. The van der Waals surface area contributed by atoms with Gasteiger partial charge in [0.05, 0.1) is 35.9 Å². The Hall–Kier alpha value is -1.54. The second kappa shape index (κ2) is 9.98. The molecule has 29 heavy (non-hydrogen) atoms. The van der Waals surface area contributed by atoms with Crippen molar-refractivity contribution in [2.75, 3.05) is 39.5 Å². The highest BCUT2D eigenvalue weighted by molar-refractivity contribution is 8.29. The van der Waals surface area contributed by atoms with E-state index in [1.54, 1.807) is 0 Å². The molecule has 0 atom stereocenters. The van der Waals surface area contributed by atoms with E-state index in [0.29, 0.717) is 0 Å². The van der Waals surface area contributed by atoms with Crippen LogP contribution in [0.2, 0.25) is 0 Å². The van der Waals surface area contributed by atoms with E-state index < -0.39 is 23.8 Å². The van der Waals surface area contributed by atoms with Crippen molar-refractivity contribution < 1.29 is 33.4 Å². The molecule has 0 aromatic rings. The predicted molar refractivity (Wildman–Crippen MR) is 113 cm³/mol. The Morgan fingerprint density at radius 3 is 1.52 bits per heavy atom. The van der Waals surface area contributed by atoms with Crippen LogP contribution in [0.4, 0.5) is 0 Å². The van der Waals surface area contributed by atoms with Crippen LogP contribution < -0.4 is 0 Å². The Morgan fingerprint density at radius 2 is 1.10 bits per heavy atom. The lowest BCUT2D eigenvalue weighted by Gasteiger charge is -2.14. The number of hydrogen-bond acceptors (Lipinski definition) is 11. The standard InChI is InChI=1S/C16H16N2O7S4/c19-9-1-3-17-13(21)11(28-15(17)26)12-14(22)18(16(27)29-12)4-2-10(20)25-8-6-23-5-7-24-9/h1-8H2. The van der Waals surface area contributed by atoms with Crippen LogP contribution in [0.25, 0.3) is 0 Å². The van der Waals surface area contributed by atoms with E-state index in [0.717, 1.165) is 23.5 Å². The summed E-state index contributed by atoms with van der Waals surface area (Å²) in [5.74, 6) is -1.90. The average molecular weight is 477 g/mol. The highest BCUT2D eigenvalue weighted by Crippen LogP contribution is 2.42. The SMILES string of the molecule is O=C1CCN2C(=O)C(=C3SC(=S)N(CCC(=O)OCCOCCO1)C3=O)SC2=S. The molecule has 2 amide bonds. The minimum atomic E-state index is -0.502. The zero-order valence-electron chi connectivity index (χ0n) is 15.0. The predicted octanol–water partition coefficient (Wildman–Crippen LogP) is 0.815. The smallest absolute Gasteiger partial charge is 0.307 e. The number of rotatable bonds is 0. The van der Waals surface area contributed by atoms with Crippen molar-refractivity contribution >= 4 is 80.4 Å². The number of hydrogen-bond donors (Lipinski definition) is 0. The summed E-state index contributed by atoms with van der Waals surface area (Å²) < 4.78 is 15.8. The van der Waals surface area contributed by atoms with Gasteiger partial charge < -0.3 is 14.2 Å². The molecular formula is C16H16N2O7S4. The third-order valence-corrected chi connectivity index (χ3v) is 6.99.